The molecule has 1 heterocycles. The van der Waals surface area contributed by atoms with Crippen molar-refractivity contribution in [3.63, 3.8) is 0 Å². The summed E-state index contributed by atoms with van der Waals surface area (Å²) in [4.78, 5) is 14.1. The summed E-state index contributed by atoms with van der Waals surface area (Å²) in [6, 6.07) is 9.11. The zero-order chi connectivity index (χ0) is 28.6. The van der Waals surface area contributed by atoms with Crippen LogP contribution in [-0.4, -0.2) is 38.7 Å². The molecule has 0 atom stereocenters. The van der Waals surface area contributed by atoms with E-state index in [2.05, 4.69) is 5.10 Å². The summed E-state index contributed by atoms with van der Waals surface area (Å²) >= 11 is 0. The molecule has 2 aromatic carbocycles. The Labute approximate surface area is 225 Å². The van der Waals surface area contributed by atoms with Gasteiger partial charge in [-0.05, 0) is 88.9 Å². The van der Waals surface area contributed by atoms with Crippen molar-refractivity contribution in [2.45, 2.75) is 71.2 Å². The van der Waals surface area contributed by atoms with Gasteiger partial charge in [-0.25, -0.2) is 13.1 Å². The lowest BCUT2D eigenvalue weighted by atomic mass is 9.91. The number of carbonyl (C=O) groups is 1. The molecule has 0 amide bonds. The molecular formula is C28H34N2O6S2. The predicted octanol–water partition coefficient (Wildman–Crippen LogP) is 5.43. The van der Waals surface area contributed by atoms with Gasteiger partial charge in [-0.2, -0.15) is 13.5 Å². The van der Waals surface area contributed by atoms with E-state index in [4.69, 9.17) is 4.18 Å². The van der Waals surface area contributed by atoms with E-state index in [1.165, 1.54) is 28.9 Å². The molecular weight excluding hydrogens is 524 g/mol. The zero-order valence-electron chi connectivity index (χ0n) is 23.0. The Bertz CT molecular complexity index is 1640. The quantitative estimate of drug-likeness (QED) is 0.254. The number of aryl methyl sites for hydroxylation is 3. The normalized spacial score (nSPS) is 11.9. The molecule has 3 rings (SSSR count). The minimum Gasteiger partial charge on any atom is -0.358 e. The Morgan fingerprint density at radius 2 is 1.53 bits per heavy atom. The number of rotatable bonds is 9. The van der Waals surface area contributed by atoms with Crippen LogP contribution in [-0.2, 0) is 26.5 Å². The third kappa shape index (κ3) is 5.76. The molecule has 0 bridgehead atoms. The lowest BCUT2D eigenvalue weighted by Crippen LogP contribution is -2.16. The van der Waals surface area contributed by atoms with Gasteiger partial charge in [-0.3, -0.25) is 4.79 Å². The number of benzene rings is 2. The molecule has 0 spiro atoms. The van der Waals surface area contributed by atoms with E-state index in [1.807, 2.05) is 34.6 Å². The van der Waals surface area contributed by atoms with Gasteiger partial charge in [0, 0.05) is 18.4 Å². The molecule has 0 N–H and O–H groups in total. The fourth-order valence-electron chi connectivity index (χ4n) is 4.22. The Balaban J connectivity index is 2.25. The first-order chi connectivity index (χ1) is 17.6. The van der Waals surface area contributed by atoms with Crippen molar-refractivity contribution in [1.82, 2.24) is 9.78 Å². The lowest BCUT2D eigenvalue weighted by molar-refractivity contribution is 0.103. The van der Waals surface area contributed by atoms with Gasteiger partial charge in [0.2, 0.25) is 11.7 Å². The fraction of sp³-hybridized carbons (Fsp3) is 0.357. The summed E-state index contributed by atoms with van der Waals surface area (Å²) in [5, 5.41) is 4.41. The molecule has 0 aliphatic rings. The van der Waals surface area contributed by atoms with Crippen LogP contribution >= 0.6 is 0 Å². The SMILES string of the molecule is CCCn1nc(C)c(C(=O)c2ccc(S(C)(=O)=O)c(C(C)=C(C)C)c2C)c1OS(=O)(=O)c1ccc(C)cc1. The summed E-state index contributed by atoms with van der Waals surface area (Å²) in [5.74, 6) is -0.665. The lowest BCUT2D eigenvalue weighted by Gasteiger charge is -2.17. The van der Waals surface area contributed by atoms with Crippen molar-refractivity contribution >= 4 is 31.3 Å². The summed E-state index contributed by atoms with van der Waals surface area (Å²) < 4.78 is 58.5. The average Bonchev–Trinajstić information content (AvgIpc) is 3.11. The number of sulfone groups is 1. The average molecular weight is 559 g/mol. The number of allylic oxidation sites excluding steroid dienone is 2. The Hall–Kier alpha value is -3.24. The van der Waals surface area contributed by atoms with Crippen LogP contribution in [0.5, 0.6) is 5.88 Å². The van der Waals surface area contributed by atoms with Gasteiger partial charge < -0.3 is 4.18 Å². The van der Waals surface area contributed by atoms with Gasteiger partial charge in [0.15, 0.2) is 9.84 Å². The van der Waals surface area contributed by atoms with Crippen molar-refractivity contribution in [2.75, 3.05) is 6.26 Å². The van der Waals surface area contributed by atoms with Crippen molar-refractivity contribution in [2.24, 2.45) is 0 Å². The molecule has 0 saturated carbocycles. The van der Waals surface area contributed by atoms with E-state index in [1.54, 1.807) is 26.0 Å². The highest BCUT2D eigenvalue weighted by atomic mass is 32.2. The number of aromatic nitrogens is 2. The first kappa shape index (κ1) is 29.3. The molecule has 1 aromatic heterocycles. The third-order valence-electron chi connectivity index (χ3n) is 6.44. The van der Waals surface area contributed by atoms with Gasteiger partial charge >= 0.3 is 10.1 Å². The van der Waals surface area contributed by atoms with Gasteiger partial charge in [-0.15, -0.1) is 0 Å². The van der Waals surface area contributed by atoms with Crippen LogP contribution in [0, 0.1) is 20.8 Å². The Morgan fingerprint density at radius 1 is 0.921 bits per heavy atom. The van der Waals surface area contributed by atoms with Gasteiger partial charge in [-0.1, -0.05) is 30.2 Å². The van der Waals surface area contributed by atoms with E-state index >= 15 is 0 Å². The molecule has 0 fully saturated rings. The van der Waals surface area contributed by atoms with Gasteiger partial charge in [0.1, 0.15) is 10.5 Å². The molecule has 0 aliphatic carbocycles. The number of hydrogen-bond acceptors (Lipinski definition) is 7. The van der Waals surface area contributed by atoms with Crippen LogP contribution < -0.4 is 4.18 Å². The highest BCUT2D eigenvalue weighted by molar-refractivity contribution is 7.90. The minimum absolute atomic E-state index is 0.0187. The van der Waals surface area contributed by atoms with Crippen LogP contribution in [0.3, 0.4) is 0 Å². The predicted molar refractivity (Wildman–Crippen MR) is 148 cm³/mol. The van der Waals surface area contributed by atoms with Gasteiger partial charge in [0.05, 0.1) is 10.6 Å². The molecule has 10 heteroatoms. The van der Waals surface area contributed by atoms with Crippen LogP contribution in [0.25, 0.3) is 5.57 Å². The van der Waals surface area contributed by atoms with E-state index < -0.39 is 25.7 Å². The van der Waals surface area contributed by atoms with Gasteiger partial charge in [0.25, 0.3) is 0 Å². The summed E-state index contributed by atoms with van der Waals surface area (Å²) in [5.41, 5.74) is 4.05. The summed E-state index contributed by atoms with van der Waals surface area (Å²) in [6.45, 7) is 12.9. The first-order valence-corrected chi connectivity index (χ1v) is 15.5. The van der Waals surface area contributed by atoms with Crippen molar-refractivity contribution in [1.29, 1.82) is 0 Å². The highest BCUT2D eigenvalue weighted by Gasteiger charge is 2.31. The monoisotopic (exact) mass is 558 g/mol. The van der Waals surface area contributed by atoms with E-state index in [0.29, 0.717) is 29.8 Å². The van der Waals surface area contributed by atoms with Crippen molar-refractivity contribution < 1.29 is 25.8 Å². The molecule has 38 heavy (non-hydrogen) atoms. The minimum atomic E-state index is -4.26. The van der Waals surface area contributed by atoms with E-state index in [9.17, 15) is 21.6 Å². The molecule has 3 aromatic rings. The standard InChI is InChI=1S/C28H34N2O6S2/c1-9-16-30-28(36-38(34,35)22-12-10-18(4)11-13-22)26(21(7)29-30)27(31)23-14-15-24(37(8,32)33)25(20(23)6)19(5)17(2)3/h10-15H,9,16H2,1-8H3. The number of carbonyl (C=O) groups excluding carboxylic acids is 1. The van der Waals surface area contributed by atoms with E-state index in [-0.39, 0.29) is 26.8 Å². The number of ketones is 1. The second kappa shape index (κ2) is 10.9. The molecule has 204 valence electrons. The van der Waals surface area contributed by atoms with Crippen LogP contribution in [0.15, 0.2) is 51.8 Å². The van der Waals surface area contributed by atoms with Crippen molar-refractivity contribution in [3.8, 4) is 5.88 Å². The van der Waals surface area contributed by atoms with E-state index in [0.717, 1.165) is 23.0 Å². The summed E-state index contributed by atoms with van der Waals surface area (Å²) in [6.07, 6.45) is 1.76. The second-order valence-corrected chi connectivity index (χ2v) is 13.2. The molecule has 0 aliphatic heterocycles. The zero-order valence-corrected chi connectivity index (χ0v) is 24.7. The van der Waals surface area contributed by atoms with Crippen molar-refractivity contribution in [3.05, 3.63) is 75.5 Å². The molecule has 8 nitrogen and oxygen atoms in total. The second-order valence-electron chi connectivity index (χ2n) is 9.68. The van der Waals surface area contributed by atoms with Crippen LogP contribution in [0.2, 0.25) is 0 Å². The van der Waals surface area contributed by atoms with Crippen LogP contribution in [0.4, 0.5) is 0 Å². The maximum Gasteiger partial charge on any atom is 0.340 e. The maximum atomic E-state index is 14.0. The fourth-order valence-corrected chi connectivity index (χ4v) is 6.15. The highest BCUT2D eigenvalue weighted by Crippen LogP contribution is 2.35. The Kier molecular flexibility index (Phi) is 8.38. The first-order valence-electron chi connectivity index (χ1n) is 12.2. The third-order valence-corrected chi connectivity index (χ3v) is 8.80. The Morgan fingerprint density at radius 3 is 2.05 bits per heavy atom. The summed E-state index contributed by atoms with van der Waals surface area (Å²) in [7, 11) is -7.85. The number of nitrogens with zero attached hydrogens (tertiary/aromatic N) is 2. The topological polar surface area (TPSA) is 112 Å². The smallest absolute Gasteiger partial charge is 0.340 e. The molecule has 0 saturated heterocycles. The van der Waals surface area contributed by atoms with Crippen LogP contribution in [0.1, 0.15) is 72.4 Å². The molecule has 0 unspecified atom stereocenters. The number of hydrogen-bond donors (Lipinski definition) is 0. The molecule has 0 radical (unpaired) electrons. The largest absolute Gasteiger partial charge is 0.358 e. The maximum absolute atomic E-state index is 14.0.